The van der Waals surface area contributed by atoms with Gasteiger partial charge in [-0.3, -0.25) is 9.10 Å². The van der Waals surface area contributed by atoms with Crippen molar-refractivity contribution in [2.75, 3.05) is 24.0 Å². The van der Waals surface area contributed by atoms with Crippen molar-refractivity contribution in [1.82, 2.24) is 5.32 Å². The van der Waals surface area contributed by atoms with E-state index >= 15 is 0 Å². The van der Waals surface area contributed by atoms with Crippen molar-refractivity contribution >= 4 is 21.6 Å². The molecular formula is C26H28N2O5S. The lowest BCUT2D eigenvalue weighted by Crippen LogP contribution is -2.51. The zero-order valence-electron chi connectivity index (χ0n) is 19.4. The molecule has 3 aromatic rings. The summed E-state index contributed by atoms with van der Waals surface area (Å²) in [5.74, 6) is 0.706. The Kier molecular flexibility index (Phi) is 6.79. The highest BCUT2D eigenvalue weighted by Gasteiger charge is 2.37. The molecule has 4 rings (SSSR count). The molecule has 1 heterocycles. The van der Waals surface area contributed by atoms with Crippen LogP contribution in [0, 0.1) is 20.8 Å². The molecule has 1 N–H and O–H groups in total. The third-order valence-corrected chi connectivity index (χ3v) is 7.42. The number of amides is 1. The topological polar surface area (TPSA) is 84.9 Å². The molecule has 34 heavy (non-hydrogen) atoms. The average Bonchev–Trinajstić information content (AvgIpc) is 2.82. The van der Waals surface area contributed by atoms with Gasteiger partial charge < -0.3 is 14.8 Å². The van der Waals surface area contributed by atoms with Gasteiger partial charge in [-0.2, -0.15) is 0 Å². The minimum Gasteiger partial charge on any atom is -0.491 e. The monoisotopic (exact) mass is 480 g/mol. The summed E-state index contributed by atoms with van der Waals surface area (Å²) in [6, 6.07) is 19.4. The van der Waals surface area contributed by atoms with Crippen LogP contribution in [0.15, 0.2) is 71.6 Å². The molecule has 0 saturated carbocycles. The van der Waals surface area contributed by atoms with Gasteiger partial charge in [-0.05, 0) is 56.7 Å². The van der Waals surface area contributed by atoms with Crippen LogP contribution in [0.1, 0.15) is 16.7 Å². The Morgan fingerprint density at radius 2 is 1.74 bits per heavy atom. The SMILES string of the molecule is Cc1ccc(S(=O)(=O)N2C[C@H](C(=O)NCCOc3ccc(C)cc3C)Oc3ccccc32)cc1. The Morgan fingerprint density at radius 1 is 1.03 bits per heavy atom. The highest BCUT2D eigenvalue weighted by atomic mass is 32.2. The van der Waals surface area contributed by atoms with E-state index in [0.29, 0.717) is 11.4 Å². The molecule has 1 amide bonds. The van der Waals surface area contributed by atoms with E-state index in [-0.39, 0.29) is 24.6 Å². The van der Waals surface area contributed by atoms with E-state index in [1.54, 1.807) is 48.5 Å². The van der Waals surface area contributed by atoms with E-state index in [0.717, 1.165) is 22.4 Å². The number of nitrogens with zero attached hydrogens (tertiary/aromatic N) is 1. The summed E-state index contributed by atoms with van der Waals surface area (Å²) >= 11 is 0. The Bertz CT molecular complexity index is 1290. The Labute approximate surface area is 200 Å². The van der Waals surface area contributed by atoms with Crippen LogP contribution in [-0.2, 0) is 14.8 Å². The highest BCUT2D eigenvalue weighted by molar-refractivity contribution is 7.92. The predicted octanol–water partition coefficient (Wildman–Crippen LogP) is 3.76. The standard InChI is InChI=1S/C26H28N2O5S/c1-18-8-11-21(12-9-18)34(30,31)28-17-25(33-24-7-5-4-6-22(24)28)26(29)27-14-15-32-23-13-10-19(2)16-20(23)3/h4-13,16,25H,14-15,17H2,1-3H3,(H,27,29)/t25-/m1/s1. The molecule has 1 aliphatic heterocycles. The normalized spacial score (nSPS) is 15.3. The van der Waals surface area contributed by atoms with Crippen molar-refractivity contribution in [1.29, 1.82) is 0 Å². The first kappa shape index (κ1) is 23.6. The van der Waals surface area contributed by atoms with Crippen molar-refractivity contribution in [3.05, 3.63) is 83.4 Å². The largest absolute Gasteiger partial charge is 0.491 e. The van der Waals surface area contributed by atoms with Crippen molar-refractivity contribution in [2.24, 2.45) is 0 Å². The summed E-state index contributed by atoms with van der Waals surface area (Å²) in [7, 11) is -3.88. The maximum Gasteiger partial charge on any atom is 0.264 e. The first-order valence-electron chi connectivity index (χ1n) is 11.1. The number of benzene rings is 3. The number of nitrogens with one attached hydrogen (secondary N) is 1. The second-order valence-corrected chi connectivity index (χ2v) is 10.2. The van der Waals surface area contributed by atoms with Crippen molar-refractivity contribution in [2.45, 2.75) is 31.8 Å². The molecule has 3 aromatic carbocycles. The van der Waals surface area contributed by atoms with Gasteiger partial charge in [0.1, 0.15) is 18.1 Å². The lowest BCUT2D eigenvalue weighted by Gasteiger charge is -2.34. The number of fused-ring (bicyclic) bond motifs is 1. The number of sulfonamides is 1. The Hall–Kier alpha value is -3.52. The highest BCUT2D eigenvalue weighted by Crippen LogP contribution is 2.36. The van der Waals surface area contributed by atoms with Crippen LogP contribution in [-0.4, -0.2) is 40.1 Å². The van der Waals surface area contributed by atoms with Gasteiger partial charge in [-0.15, -0.1) is 0 Å². The Morgan fingerprint density at radius 3 is 2.47 bits per heavy atom. The third kappa shape index (κ3) is 5.02. The molecule has 7 nitrogen and oxygen atoms in total. The van der Waals surface area contributed by atoms with Gasteiger partial charge in [0.2, 0.25) is 0 Å². The number of para-hydroxylation sites is 2. The number of hydrogen-bond donors (Lipinski definition) is 1. The summed E-state index contributed by atoms with van der Waals surface area (Å²) in [4.78, 5) is 13.0. The fourth-order valence-corrected chi connectivity index (χ4v) is 5.29. The van der Waals surface area contributed by atoms with Crippen molar-refractivity contribution < 1.29 is 22.7 Å². The van der Waals surface area contributed by atoms with E-state index in [9.17, 15) is 13.2 Å². The van der Waals surface area contributed by atoms with E-state index in [4.69, 9.17) is 9.47 Å². The minimum absolute atomic E-state index is 0.128. The maximum atomic E-state index is 13.4. The summed E-state index contributed by atoms with van der Waals surface area (Å²) in [5, 5.41) is 2.79. The van der Waals surface area contributed by atoms with Gasteiger partial charge in [-0.25, -0.2) is 8.42 Å². The second-order valence-electron chi connectivity index (χ2n) is 8.33. The molecule has 0 aromatic heterocycles. The molecule has 0 radical (unpaired) electrons. The first-order chi connectivity index (χ1) is 16.3. The van der Waals surface area contributed by atoms with Crippen LogP contribution >= 0.6 is 0 Å². The molecule has 0 fully saturated rings. The number of aryl methyl sites for hydroxylation is 3. The average molecular weight is 481 g/mol. The predicted molar refractivity (Wildman–Crippen MR) is 131 cm³/mol. The Balaban J connectivity index is 1.45. The van der Waals surface area contributed by atoms with E-state index in [1.807, 2.05) is 39.0 Å². The second kappa shape index (κ2) is 9.77. The number of anilines is 1. The van der Waals surface area contributed by atoms with Crippen LogP contribution in [0.4, 0.5) is 5.69 Å². The van der Waals surface area contributed by atoms with E-state index in [2.05, 4.69) is 5.32 Å². The fraction of sp³-hybridized carbons (Fsp3) is 0.269. The first-order valence-corrected chi connectivity index (χ1v) is 12.5. The molecule has 8 heteroatoms. The van der Waals surface area contributed by atoms with E-state index < -0.39 is 22.0 Å². The van der Waals surface area contributed by atoms with Gasteiger partial charge >= 0.3 is 0 Å². The molecule has 0 spiro atoms. The molecule has 0 saturated heterocycles. The minimum atomic E-state index is -3.88. The summed E-state index contributed by atoms with van der Waals surface area (Å²) < 4.78 is 39.7. The third-order valence-electron chi connectivity index (χ3n) is 5.63. The molecule has 0 bridgehead atoms. The van der Waals surface area contributed by atoms with Crippen LogP contribution < -0.4 is 19.1 Å². The van der Waals surface area contributed by atoms with E-state index in [1.165, 1.54) is 4.31 Å². The molecule has 0 unspecified atom stereocenters. The number of rotatable bonds is 7. The molecule has 178 valence electrons. The number of carbonyl (C=O) groups excluding carboxylic acids is 1. The van der Waals surface area contributed by atoms with Gasteiger partial charge in [0.25, 0.3) is 15.9 Å². The number of ether oxygens (including phenoxy) is 2. The molecule has 1 atom stereocenters. The zero-order chi connectivity index (χ0) is 24.3. The van der Waals surface area contributed by atoms with Crippen LogP contribution in [0.2, 0.25) is 0 Å². The zero-order valence-corrected chi connectivity index (χ0v) is 20.3. The van der Waals surface area contributed by atoms with Crippen molar-refractivity contribution in [3.63, 3.8) is 0 Å². The fourth-order valence-electron chi connectivity index (χ4n) is 3.81. The molecule has 1 aliphatic rings. The number of carbonyl (C=O) groups is 1. The van der Waals surface area contributed by atoms with Gasteiger partial charge in [0.05, 0.1) is 23.7 Å². The van der Waals surface area contributed by atoms with Gasteiger partial charge in [0, 0.05) is 0 Å². The molecule has 0 aliphatic carbocycles. The van der Waals surface area contributed by atoms with Crippen LogP contribution in [0.5, 0.6) is 11.5 Å². The quantitative estimate of drug-likeness (QED) is 0.521. The summed E-state index contributed by atoms with van der Waals surface area (Å²) in [5.41, 5.74) is 3.54. The maximum absolute atomic E-state index is 13.4. The van der Waals surface area contributed by atoms with Crippen LogP contribution in [0.25, 0.3) is 0 Å². The summed E-state index contributed by atoms with van der Waals surface area (Å²) in [6.45, 7) is 6.29. The molecular weight excluding hydrogens is 452 g/mol. The van der Waals surface area contributed by atoms with Crippen molar-refractivity contribution in [3.8, 4) is 11.5 Å². The smallest absolute Gasteiger partial charge is 0.264 e. The summed E-state index contributed by atoms with van der Waals surface area (Å²) in [6.07, 6.45) is -0.990. The number of hydrogen-bond acceptors (Lipinski definition) is 5. The lowest BCUT2D eigenvalue weighted by molar-refractivity contribution is -0.127. The van der Waals surface area contributed by atoms with Gasteiger partial charge in [-0.1, -0.05) is 47.5 Å². The lowest BCUT2D eigenvalue weighted by atomic mass is 10.1. The van der Waals surface area contributed by atoms with Crippen LogP contribution in [0.3, 0.4) is 0 Å². The van der Waals surface area contributed by atoms with Gasteiger partial charge in [0.15, 0.2) is 6.10 Å².